The number of aliphatic hydroxyl groups is 11. The summed E-state index contributed by atoms with van der Waals surface area (Å²) in [5.41, 5.74) is 0. The zero-order valence-corrected chi connectivity index (χ0v) is 29.4. The van der Waals surface area contributed by atoms with Gasteiger partial charge >= 0.3 is 0 Å². The third-order valence-corrected chi connectivity index (χ3v) is 9.41. The Morgan fingerprint density at radius 3 is 1.22 bits per heavy atom. The van der Waals surface area contributed by atoms with Crippen LogP contribution in [0.1, 0.15) is 20.8 Å². The topological polar surface area (TPSA) is 374 Å². The third kappa shape index (κ3) is 9.79. The van der Waals surface area contributed by atoms with E-state index in [0.29, 0.717) is 0 Å². The van der Waals surface area contributed by atoms with Crippen LogP contribution in [-0.4, -0.2) is 223 Å². The highest BCUT2D eigenvalue weighted by molar-refractivity contribution is 5.74. The van der Waals surface area contributed by atoms with E-state index >= 15 is 0 Å². The number of nitrogens with one attached hydrogen (secondary N) is 3. The van der Waals surface area contributed by atoms with Crippen LogP contribution in [0.4, 0.5) is 0 Å². The predicted octanol–water partition coefficient (Wildman–Crippen LogP) is -9.32. The summed E-state index contributed by atoms with van der Waals surface area (Å²) in [6, 6.07) is -4.82. The summed E-state index contributed by atoms with van der Waals surface area (Å²) in [7, 11) is 0. The maximum absolute atomic E-state index is 12.7. The molecule has 0 unspecified atom stereocenters. The highest BCUT2D eigenvalue weighted by atomic mass is 16.8. The molecular weight excluding hydrogens is 738 g/mol. The lowest BCUT2D eigenvalue weighted by Crippen LogP contribution is -2.72. The van der Waals surface area contributed by atoms with Crippen LogP contribution >= 0.6 is 0 Å². The van der Waals surface area contributed by atoms with E-state index < -0.39 is 167 Å². The Kier molecular flexibility index (Phi) is 15.8. The van der Waals surface area contributed by atoms with Gasteiger partial charge in [-0.05, 0) is 0 Å². The number of carbonyl (C=O) groups excluding carboxylic acids is 3. The minimum atomic E-state index is -1.97. The molecule has 4 heterocycles. The average molecular weight is 790 g/mol. The summed E-state index contributed by atoms with van der Waals surface area (Å²) >= 11 is 0. The first-order valence-electron chi connectivity index (χ1n) is 17.1. The molecule has 0 aromatic heterocycles. The largest absolute Gasteiger partial charge is 0.394 e. The fraction of sp³-hybridized carbons (Fsp3) is 0.900. The van der Waals surface area contributed by atoms with Gasteiger partial charge in [0, 0.05) is 20.8 Å². The Hall–Kier alpha value is -2.31. The van der Waals surface area contributed by atoms with Crippen LogP contribution in [0.3, 0.4) is 0 Å². The Morgan fingerprint density at radius 1 is 0.444 bits per heavy atom. The van der Waals surface area contributed by atoms with Crippen LogP contribution in [-0.2, 0) is 47.5 Å². The van der Waals surface area contributed by atoms with Gasteiger partial charge < -0.3 is 105 Å². The molecule has 24 heteroatoms. The molecule has 14 N–H and O–H groups in total. The minimum Gasteiger partial charge on any atom is -0.394 e. The molecule has 4 saturated heterocycles. The fourth-order valence-corrected chi connectivity index (χ4v) is 6.75. The van der Waals surface area contributed by atoms with Crippen LogP contribution in [0, 0.1) is 0 Å². The van der Waals surface area contributed by atoms with Crippen LogP contribution in [0.5, 0.6) is 0 Å². The van der Waals surface area contributed by atoms with Crippen molar-refractivity contribution < 1.29 is 104 Å². The van der Waals surface area contributed by atoms with Gasteiger partial charge in [0.05, 0.1) is 26.4 Å². The molecule has 0 radical (unpaired) electrons. The maximum Gasteiger partial charge on any atom is 0.217 e. The SMILES string of the molecule is CC(=O)N[C@H]1[C@@H](O[C@@H]2[C@@H](NC(C)=O)[C@@H](O[C@H]3[C@H](O)[C@@H](O)[C@H](O)O[C@@H]3CO)O[C@H](CO)[C@@H]2O[C@H]2O[C@H](CO)[C@@H](O)[C@H](O)[C@H]2NC(C)=O)O[C@H](CO)[C@H](O)[C@@H]1O. The standard InChI is InChI=1S/C30H51N3O21/c1-8(38)31-15-20(43)18(41)11(4-34)49-28(15)53-25-14(7-37)51-30(52-24-13(6-36)48-27(47)23(46)22(24)45)17(33-10(3)40)26(25)54-29-16(32-9(2)39)21(44)19(42)12(5-35)50-29/h11-30,34-37,41-47H,4-7H2,1-3H3,(H,31,38)(H,32,39)(H,33,40)/t11-,12-,13-,14-,15-,16-,17-,18-,19+,20-,21-,22-,23-,24-,25+,26-,27-,28-,29-,30-/m1/s1. The first-order chi connectivity index (χ1) is 25.5. The molecule has 0 bridgehead atoms. The second-order valence-electron chi connectivity index (χ2n) is 13.3. The molecule has 4 rings (SSSR count). The van der Waals surface area contributed by atoms with Crippen molar-refractivity contribution in [3.63, 3.8) is 0 Å². The summed E-state index contributed by atoms with van der Waals surface area (Å²) in [4.78, 5) is 37.1. The molecule has 312 valence electrons. The smallest absolute Gasteiger partial charge is 0.217 e. The van der Waals surface area contributed by atoms with Gasteiger partial charge in [0.25, 0.3) is 0 Å². The van der Waals surface area contributed by atoms with Crippen LogP contribution in [0.2, 0.25) is 0 Å². The second kappa shape index (κ2) is 19.2. The van der Waals surface area contributed by atoms with E-state index in [1.165, 1.54) is 0 Å². The van der Waals surface area contributed by atoms with Crippen molar-refractivity contribution in [1.82, 2.24) is 16.0 Å². The normalized spacial score (nSPS) is 45.7. The van der Waals surface area contributed by atoms with E-state index in [-0.39, 0.29) is 0 Å². The van der Waals surface area contributed by atoms with Crippen molar-refractivity contribution in [2.45, 2.75) is 143 Å². The molecule has 24 nitrogen and oxygen atoms in total. The minimum absolute atomic E-state index is 0.725. The highest BCUT2D eigenvalue weighted by Gasteiger charge is 2.57. The van der Waals surface area contributed by atoms with Crippen molar-refractivity contribution in [3.8, 4) is 0 Å². The van der Waals surface area contributed by atoms with Gasteiger partial charge in [-0.25, -0.2) is 0 Å². The highest BCUT2D eigenvalue weighted by Crippen LogP contribution is 2.35. The molecule has 4 aliphatic heterocycles. The van der Waals surface area contributed by atoms with Gasteiger partial charge in [0.15, 0.2) is 25.2 Å². The van der Waals surface area contributed by atoms with Gasteiger partial charge in [-0.15, -0.1) is 0 Å². The van der Waals surface area contributed by atoms with Gasteiger partial charge in [0.1, 0.15) is 97.5 Å². The first kappa shape index (κ1) is 44.4. The summed E-state index contributed by atoms with van der Waals surface area (Å²) < 4.78 is 41.0. The summed E-state index contributed by atoms with van der Waals surface area (Å²) in [6.07, 6.45) is -29.9. The van der Waals surface area contributed by atoms with Crippen LogP contribution in [0.25, 0.3) is 0 Å². The molecule has 20 atom stereocenters. The molecule has 4 fully saturated rings. The van der Waals surface area contributed by atoms with Gasteiger partial charge in [0.2, 0.25) is 17.7 Å². The van der Waals surface area contributed by atoms with Crippen molar-refractivity contribution in [2.24, 2.45) is 0 Å². The number of rotatable bonds is 13. The summed E-state index contributed by atoms with van der Waals surface area (Å²) in [5.74, 6) is -2.26. The third-order valence-electron chi connectivity index (χ3n) is 9.41. The fourth-order valence-electron chi connectivity index (χ4n) is 6.75. The zero-order chi connectivity index (χ0) is 40.2. The van der Waals surface area contributed by atoms with Gasteiger partial charge in [-0.2, -0.15) is 0 Å². The molecule has 4 aliphatic rings. The molecule has 0 saturated carbocycles. The van der Waals surface area contributed by atoms with Crippen LogP contribution < -0.4 is 16.0 Å². The Labute approximate surface area is 307 Å². The number of hydrogen-bond acceptors (Lipinski definition) is 21. The van der Waals surface area contributed by atoms with Crippen molar-refractivity contribution >= 4 is 17.7 Å². The predicted molar refractivity (Wildman–Crippen MR) is 169 cm³/mol. The van der Waals surface area contributed by atoms with Crippen LogP contribution in [0.15, 0.2) is 0 Å². The molecule has 0 aliphatic carbocycles. The molecule has 0 aromatic carbocycles. The van der Waals surface area contributed by atoms with E-state index in [1.807, 2.05) is 0 Å². The molecule has 0 spiro atoms. The molecule has 0 aromatic rings. The molecule has 3 amide bonds. The summed E-state index contributed by atoms with van der Waals surface area (Å²) in [5, 5.41) is 122. The quantitative estimate of drug-likeness (QED) is 0.0823. The monoisotopic (exact) mass is 789 g/mol. The summed E-state index contributed by atoms with van der Waals surface area (Å²) in [6.45, 7) is -0.370. The van der Waals surface area contributed by atoms with Gasteiger partial charge in [-0.1, -0.05) is 0 Å². The van der Waals surface area contributed by atoms with E-state index in [4.69, 9.17) is 33.2 Å². The van der Waals surface area contributed by atoms with E-state index in [1.54, 1.807) is 0 Å². The Bertz CT molecular complexity index is 1250. The number of hydrogen-bond donors (Lipinski definition) is 14. The van der Waals surface area contributed by atoms with E-state index in [0.717, 1.165) is 20.8 Å². The lowest BCUT2D eigenvalue weighted by Gasteiger charge is -2.52. The average Bonchev–Trinajstić information content (AvgIpc) is 3.12. The Balaban J connectivity index is 1.83. The van der Waals surface area contributed by atoms with Crippen molar-refractivity contribution in [2.75, 3.05) is 26.4 Å². The lowest BCUT2D eigenvalue weighted by atomic mass is 9.93. The van der Waals surface area contributed by atoms with Gasteiger partial charge in [-0.3, -0.25) is 14.4 Å². The van der Waals surface area contributed by atoms with Crippen molar-refractivity contribution in [3.05, 3.63) is 0 Å². The number of carbonyl (C=O) groups is 3. The van der Waals surface area contributed by atoms with E-state index in [9.17, 15) is 70.6 Å². The second-order valence-corrected chi connectivity index (χ2v) is 13.3. The Morgan fingerprint density at radius 2 is 0.796 bits per heavy atom. The number of amides is 3. The first-order valence-corrected chi connectivity index (χ1v) is 17.1. The van der Waals surface area contributed by atoms with Crippen molar-refractivity contribution in [1.29, 1.82) is 0 Å². The molecular formula is C30H51N3O21. The number of aliphatic hydroxyl groups excluding tert-OH is 11. The maximum atomic E-state index is 12.7. The lowest BCUT2D eigenvalue weighted by molar-refractivity contribution is -0.375. The zero-order valence-electron chi connectivity index (χ0n) is 29.4. The van der Waals surface area contributed by atoms with E-state index in [2.05, 4.69) is 16.0 Å². The molecule has 54 heavy (non-hydrogen) atoms. The number of ether oxygens (including phenoxy) is 7.